The van der Waals surface area contributed by atoms with Gasteiger partial charge < -0.3 is 4.74 Å². The van der Waals surface area contributed by atoms with Crippen molar-refractivity contribution in [3.63, 3.8) is 0 Å². The molecule has 1 saturated carbocycles. The van der Waals surface area contributed by atoms with E-state index in [1.807, 2.05) is 12.1 Å². The third-order valence-corrected chi connectivity index (χ3v) is 12.1. The van der Waals surface area contributed by atoms with Crippen molar-refractivity contribution in [1.82, 2.24) is 0 Å². The Kier molecular flexibility index (Phi) is 9.21. The highest BCUT2D eigenvalue weighted by molar-refractivity contribution is 6.58. The van der Waals surface area contributed by atoms with Crippen LogP contribution >= 0.6 is 0 Å². The van der Waals surface area contributed by atoms with Gasteiger partial charge in [-0.15, -0.1) is 0 Å². The van der Waals surface area contributed by atoms with Gasteiger partial charge in [0.05, 0.1) is 6.61 Å². The highest BCUT2D eigenvalue weighted by Crippen LogP contribution is 2.44. The van der Waals surface area contributed by atoms with Gasteiger partial charge in [-0.1, -0.05) is 81.4 Å². The summed E-state index contributed by atoms with van der Waals surface area (Å²) in [5, 5.41) is 0. The molecule has 4 heteroatoms. The summed E-state index contributed by atoms with van der Waals surface area (Å²) >= 11 is 0. The molecule has 2 aliphatic rings. The normalized spacial score (nSPS) is 25.3. The maximum atomic E-state index is 14.6. The molecule has 0 N–H and O–H groups in total. The van der Waals surface area contributed by atoms with Crippen molar-refractivity contribution < 1.29 is 13.5 Å². The minimum absolute atomic E-state index is 0.0237. The highest BCUT2D eigenvalue weighted by atomic mass is 28.3. The van der Waals surface area contributed by atoms with Gasteiger partial charge in [0, 0.05) is 14.4 Å². The van der Waals surface area contributed by atoms with E-state index in [1.165, 1.54) is 69.4 Å². The molecule has 34 heavy (non-hydrogen) atoms. The Morgan fingerprint density at radius 1 is 0.794 bits per heavy atom. The number of halogens is 2. The van der Waals surface area contributed by atoms with Crippen molar-refractivity contribution in [2.24, 2.45) is 11.8 Å². The molecule has 0 spiro atoms. The molecule has 2 fully saturated rings. The minimum atomic E-state index is -0.903. The van der Waals surface area contributed by atoms with Crippen LogP contribution in [-0.4, -0.2) is 15.4 Å². The number of benzene rings is 2. The fourth-order valence-corrected chi connectivity index (χ4v) is 10.0. The molecule has 1 heterocycles. The SMILES string of the molecule is CCCCC[SiH]1CCC([C@H]2CC[C@H](c3ccc(-c4ccc(OCC)c(F)c4F)cc3)CC2)CC1. The first-order valence-corrected chi connectivity index (χ1v) is 16.3. The predicted molar refractivity (Wildman–Crippen MR) is 141 cm³/mol. The summed E-state index contributed by atoms with van der Waals surface area (Å²) in [4.78, 5) is 0. The van der Waals surface area contributed by atoms with Gasteiger partial charge in [-0.25, -0.2) is 4.39 Å². The summed E-state index contributed by atoms with van der Waals surface area (Å²) in [6.07, 6.45) is 12.6. The molecule has 0 unspecified atom stereocenters. The van der Waals surface area contributed by atoms with E-state index in [4.69, 9.17) is 4.74 Å². The van der Waals surface area contributed by atoms with Crippen LogP contribution in [0.3, 0.4) is 0 Å². The van der Waals surface area contributed by atoms with Gasteiger partial charge in [-0.3, -0.25) is 0 Å². The zero-order chi connectivity index (χ0) is 23.9. The van der Waals surface area contributed by atoms with E-state index < -0.39 is 20.4 Å². The fourth-order valence-electron chi connectivity index (χ4n) is 6.51. The van der Waals surface area contributed by atoms with Crippen molar-refractivity contribution in [1.29, 1.82) is 0 Å². The molecule has 1 nitrogen and oxygen atoms in total. The van der Waals surface area contributed by atoms with Crippen LogP contribution in [0, 0.1) is 23.5 Å². The lowest BCUT2D eigenvalue weighted by Gasteiger charge is -2.37. The van der Waals surface area contributed by atoms with E-state index in [2.05, 4.69) is 19.1 Å². The van der Waals surface area contributed by atoms with E-state index in [0.717, 1.165) is 17.4 Å². The maximum absolute atomic E-state index is 14.6. The Morgan fingerprint density at radius 2 is 1.47 bits per heavy atom. The molecule has 2 aromatic carbocycles. The topological polar surface area (TPSA) is 9.23 Å². The van der Waals surface area contributed by atoms with Crippen molar-refractivity contribution in [3.05, 3.63) is 53.6 Å². The second kappa shape index (κ2) is 12.3. The Bertz CT molecular complexity index is 897. The smallest absolute Gasteiger partial charge is 0.201 e. The van der Waals surface area contributed by atoms with Gasteiger partial charge in [-0.2, -0.15) is 4.39 Å². The quantitative estimate of drug-likeness (QED) is 0.255. The number of ether oxygens (including phenoxy) is 1. The third kappa shape index (κ3) is 6.11. The summed E-state index contributed by atoms with van der Waals surface area (Å²) in [5.41, 5.74) is 2.36. The van der Waals surface area contributed by atoms with E-state index in [0.29, 0.717) is 18.1 Å². The van der Waals surface area contributed by atoms with Crippen molar-refractivity contribution in [3.8, 4) is 16.9 Å². The Balaban J connectivity index is 1.29. The molecule has 0 bridgehead atoms. The lowest BCUT2D eigenvalue weighted by Crippen LogP contribution is -2.28. The predicted octanol–water partition coefficient (Wildman–Crippen LogP) is 9.13. The van der Waals surface area contributed by atoms with E-state index in [9.17, 15) is 8.78 Å². The van der Waals surface area contributed by atoms with Gasteiger partial charge in [0.1, 0.15) is 0 Å². The van der Waals surface area contributed by atoms with Crippen LogP contribution in [-0.2, 0) is 0 Å². The summed E-state index contributed by atoms with van der Waals surface area (Å²) < 4.78 is 34.1. The monoisotopic (exact) mass is 484 g/mol. The lowest BCUT2D eigenvalue weighted by molar-refractivity contribution is 0.216. The summed E-state index contributed by atoms with van der Waals surface area (Å²) in [6.45, 7) is 4.39. The Labute approximate surface area is 206 Å². The molecule has 186 valence electrons. The number of hydrogen-bond acceptors (Lipinski definition) is 1. The molecule has 0 atom stereocenters. The van der Waals surface area contributed by atoms with Crippen molar-refractivity contribution >= 4 is 8.80 Å². The van der Waals surface area contributed by atoms with Crippen LogP contribution in [0.1, 0.15) is 83.1 Å². The van der Waals surface area contributed by atoms with Crippen LogP contribution in [0.15, 0.2) is 36.4 Å². The number of unbranched alkanes of at least 4 members (excludes halogenated alkanes) is 2. The van der Waals surface area contributed by atoms with Crippen LogP contribution in [0.4, 0.5) is 8.78 Å². The summed E-state index contributed by atoms with van der Waals surface area (Å²) in [5.74, 6) is 0.760. The second-order valence-electron chi connectivity index (χ2n) is 10.7. The maximum Gasteiger partial charge on any atom is 0.201 e. The highest BCUT2D eigenvalue weighted by Gasteiger charge is 2.31. The molecule has 0 radical (unpaired) electrons. The lowest BCUT2D eigenvalue weighted by atomic mass is 9.72. The van der Waals surface area contributed by atoms with Gasteiger partial charge >= 0.3 is 0 Å². The van der Waals surface area contributed by atoms with Crippen molar-refractivity contribution in [2.75, 3.05) is 6.61 Å². The zero-order valence-corrected chi connectivity index (χ0v) is 22.3. The van der Waals surface area contributed by atoms with Crippen LogP contribution in [0.2, 0.25) is 18.1 Å². The molecule has 0 aromatic heterocycles. The molecule has 4 rings (SSSR count). The van der Waals surface area contributed by atoms with E-state index in [-0.39, 0.29) is 5.75 Å². The molecular formula is C30H42F2OSi. The largest absolute Gasteiger partial charge is 0.491 e. The zero-order valence-electron chi connectivity index (χ0n) is 21.1. The average Bonchev–Trinajstić information content (AvgIpc) is 2.88. The first-order chi connectivity index (χ1) is 16.6. The average molecular weight is 485 g/mol. The molecule has 1 aliphatic heterocycles. The summed E-state index contributed by atoms with van der Waals surface area (Å²) in [6, 6.07) is 16.1. The Morgan fingerprint density at radius 3 is 2.12 bits per heavy atom. The molecule has 1 aliphatic carbocycles. The minimum Gasteiger partial charge on any atom is -0.491 e. The van der Waals surface area contributed by atoms with Crippen LogP contribution in [0.5, 0.6) is 5.75 Å². The molecule has 0 amide bonds. The van der Waals surface area contributed by atoms with Crippen LogP contribution < -0.4 is 4.74 Å². The Hall–Kier alpha value is -1.68. The molecule has 1 saturated heterocycles. The van der Waals surface area contributed by atoms with E-state index >= 15 is 0 Å². The third-order valence-electron chi connectivity index (χ3n) is 8.59. The van der Waals surface area contributed by atoms with E-state index in [1.54, 1.807) is 31.1 Å². The number of rotatable bonds is 9. The van der Waals surface area contributed by atoms with Gasteiger partial charge in [0.15, 0.2) is 11.6 Å². The second-order valence-corrected chi connectivity index (χ2v) is 14.1. The number of hydrogen-bond donors (Lipinski definition) is 0. The standard InChI is InChI=1S/C30H42F2OSi/c1-3-5-6-19-34-20-17-25(18-21-34)24-9-7-22(8-10-24)23-11-13-26(14-12-23)27-15-16-28(33-4-2)30(32)29(27)31/h11-16,22,24-25,34H,3-10,17-21H2,1-2H3/t22-,24-,25?,34?. The first kappa shape index (κ1) is 25.4. The molecular weight excluding hydrogens is 442 g/mol. The molecule has 2 aromatic rings. The first-order valence-electron chi connectivity index (χ1n) is 13.8. The van der Waals surface area contributed by atoms with Crippen LogP contribution in [0.25, 0.3) is 11.1 Å². The summed E-state index contributed by atoms with van der Waals surface area (Å²) in [7, 11) is -0.414. The van der Waals surface area contributed by atoms with Gasteiger partial charge in [0.2, 0.25) is 5.82 Å². The van der Waals surface area contributed by atoms with Crippen molar-refractivity contribution in [2.45, 2.75) is 95.7 Å². The van der Waals surface area contributed by atoms with Gasteiger partial charge in [0.25, 0.3) is 0 Å². The fraction of sp³-hybridized carbons (Fsp3) is 0.600. The van der Waals surface area contributed by atoms with Gasteiger partial charge in [-0.05, 0) is 73.6 Å².